The quantitative estimate of drug-likeness (QED) is 0.765. The summed E-state index contributed by atoms with van der Waals surface area (Å²) in [6.07, 6.45) is 5.07. The van der Waals surface area contributed by atoms with Gasteiger partial charge in [0.15, 0.2) is 0 Å². The van der Waals surface area contributed by atoms with Gasteiger partial charge in [-0.25, -0.2) is 0 Å². The smallest absolute Gasteiger partial charge is 0.0791 e. The zero-order valence-electron chi connectivity index (χ0n) is 12.7. The van der Waals surface area contributed by atoms with Crippen molar-refractivity contribution in [3.05, 3.63) is 0 Å². The van der Waals surface area contributed by atoms with Crippen molar-refractivity contribution in [2.24, 2.45) is 5.92 Å². The van der Waals surface area contributed by atoms with Crippen LogP contribution in [0.2, 0.25) is 0 Å². The van der Waals surface area contributed by atoms with Crippen LogP contribution in [0.1, 0.15) is 53.4 Å². The first kappa shape index (κ1) is 15.9. The molecular formula is C15H32N2O. The highest BCUT2D eigenvalue weighted by molar-refractivity contribution is 4.77. The third kappa shape index (κ3) is 6.72. The maximum absolute atomic E-state index is 10.0. The molecule has 18 heavy (non-hydrogen) atoms. The molecule has 0 bridgehead atoms. The second-order valence-electron chi connectivity index (χ2n) is 6.82. The summed E-state index contributed by atoms with van der Waals surface area (Å²) < 4.78 is 0. The Bertz CT molecular complexity index is 217. The lowest BCUT2D eigenvalue weighted by molar-refractivity contribution is 0.0831. The molecule has 108 valence electrons. The van der Waals surface area contributed by atoms with Gasteiger partial charge in [-0.1, -0.05) is 19.8 Å². The molecule has 0 radical (unpaired) electrons. The van der Waals surface area contributed by atoms with Gasteiger partial charge in [0.05, 0.1) is 6.10 Å². The molecule has 1 fully saturated rings. The van der Waals surface area contributed by atoms with Gasteiger partial charge in [-0.15, -0.1) is 0 Å². The van der Waals surface area contributed by atoms with E-state index >= 15 is 0 Å². The van der Waals surface area contributed by atoms with E-state index in [1.54, 1.807) is 0 Å². The van der Waals surface area contributed by atoms with Crippen molar-refractivity contribution in [2.75, 3.05) is 26.2 Å². The molecule has 0 amide bonds. The number of β-amino-alcohol motifs (C(OH)–C–C–N with tert-alkyl or cyclic N) is 1. The third-order valence-corrected chi connectivity index (χ3v) is 3.74. The largest absolute Gasteiger partial charge is 0.390 e. The third-order valence-electron chi connectivity index (χ3n) is 3.74. The molecule has 1 rings (SSSR count). The van der Waals surface area contributed by atoms with E-state index in [1.807, 2.05) is 0 Å². The number of nitrogens with zero attached hydrogens (tertiary/aromatic N) is 1. The van der Waals surface area contributed by atoms with E-state index in [4.69, 9.17) is 0 Å². The molecule has 2 N–H and O–H groups in total. The minimum Gasteiger partial charge on any atom is -0.390 e. The lowest BCUT2D eigenvalue weighted by atomic mass is 9.92. The van der Waals surface area contributed by atoms with Gasteiger partial charge in [0, 0.05) is 18.6 Å². The van der Waals surface area contributed by atoms with E-state index in [0.29, 0.717) is 6.54 Å². The predicted molar refractivity (Wildman–Crippen MR) is 77.8 cm³/mol. The predicted octanol–water partition coefficient (Wildman–Crippen LogP) is 2.25. The van der Waals surface area contributed by atoms with E-state index in [1.165, 1.54) is 25.7 Å². The van der Waals surface area contributed by atoms with E-state index in [0.717, 1.165) is 25.6 Å². The fourth-order valence-electron chi connectivity index (χ4n) is 2.65. The van der Waals surface area contributed by atoms with Crippen LogP contribution in [0, 0.1) is 5.92 Å². The molecule has 0 aromatic rings. The highest BCUT2D eigenvalue weighted by Crippen LogP contribution is 2.21. The van der Waals surface area contributed by atoms with Crippen LogP contribution in [0.5, 0.6) is 0 Å². The molecule has 1 unspecified atom stereocenters. The molecule has 1 saturated heterocycles. The fourth-order valence-corrected chi connectivity index (χ4v) is 2.65. The van der Waals surface area contributed by atoms with E-state index < -0.39 is 0 Å². The fraction of sp³-hybridized carbons (Fsp3) is 1.00. The van der Waals surface area contributed by atoms with Crippen molar-refractivity contribution < 1.29 is 5.11 Å². The molecule has 3 nitrogen and oxygen atoms in total. The Hall–Kier alpha value is -0.120. The Balaban J connectivity index is 2.16. The van der Waals surface area contributed by atoms with Crippen molar-refractivity contribution in [1.82, 2.24) is 10.2 Å². The zero-order valence-corrected chi connectivity index (χ0v) is 12.7. The SMILES string of the molecule is CCCC1CCN(CC(O)CNC(C)(C)C)CC1. The second kappa shape index (κ2) is 7.46. The van der Waals surface area contributed by atoms with E-state index in [9.17, 15) is 5.11 Å². The van der Waals surface area contributed by atoms with Crippen LogP contribution in [0.25, 0.3) is 0 Å². The minimum absolute atomic E-state index is 0.0924. The first-order valence-electron chi connectivity index (χ1n) is 7.56. The Morgan fingerprint density at radius 2 is 1.89 bits per heavy atom. The molecule has 0 aromatic carbocycles. The Kier molecular flexibility index (Phi) is 6.61. The summed E-state index contributed by atoms with van der Waals surface area (Å²) in [7, 11) is 0. The van der Waals surface area contributed by atoms with Crippen LogP contribution < -0.4 is 5.32 Å². The first-order valence-corrected chi connectivity index (χ1v) is 7.56. The summed E-state index contributed by atoms with van der Waals surface area (Å²) in [5.74, 6) is 0.927. The van der Waals surface area contributed by atoms with Gasteiger partial charge in [0.2, 0.25) is 0 Å². The van der Waals surface area contributed by atoms with Crippen molar-refractivity contribution in [3.8, 4) is 0 Å². The number of aliphatic hydroxyl groups excluding tert-OH is 1. The molecule has 0 spiro atoms. The molecule has 1 atom stereocenters. The first-order chi connectivity index (χ1) is 8.40. The maximum atomic E-state index is 10.0. The maximum Gasteiger partial charge on any atom is 0.0791 e. The summed E-state index contributed by atoms with van der Waals surface area (Å²) in [6, 6.07) is 0. The molecule has 0 aromatic heterocycles. The van der Waals surface area contributed by atoms with Crippen molar-refractivity contribution in [1.29, 1.82) is 0 Å². The Labute approximate surface area is 113 Å². The standard InChI is InChI=1S/C15H32N2O/c1-5-6-13-7-9-17(10-8-13)12-14(18)11-16-15(2,3)4/h13-14,16,18H,5-12H2,1-4H3. The van der Waals surface area contributed by atoms with Crippen LogP contribution in [0.4, 0.5) is 0 Å². The van der Waals surface area contributed by atoms with Crippen LogP contribution >= 0.6 is 0 Å². The van der Waals surface area contributed by atoms with Crippen molar-refractivity contribution in [3.63, 3.8) is 0 Å². The summed E-state index contributed by atoms with van der Waals surface area (Å²) in [5.41, 5.74) is 0.0924. The average Bonchev–Trinajstić information content (AvgIpc) is 2.29. The number of hydrogen-bond donors (Lipinski definition) is 2. The molecule has 0 saturated carbocycles. The number of aliphatic hydroxyl groups is 1. The number of hydrogen-bond acceptors (Lipinski definition) is 3. The van der Waals surface area contributed by atoms with Crippen molar-refractivity contribution >= 4 is 0 Å². The molecule has 3 heteroatoms. The van der Waals surface area contributed by atoms with Gasteiger partial charge < -0.3 is 15.3 Å². The molecular weight excluding hydrogens is 224 g/mol. The lowest BCUT2D eigenvalue weighted by Crippen LogP contribution is -2.46. The minimum atomic E-state index is -0.244. The van der Waals surface area contributed by atoms with Crippen molar-refractivity contribution in [2.45, 2.75) is 65.0 Å². The number of nitrogens with one attached hydrogen (secondary N) is 1. The van der Waals surface area contributed by atoms with E-state index in [2.05, 4.69) is 37.9 Å². The van der Waals surface area contributed by atoms with Gasteiger partial charge in [0.25, 0.3) is 0 Å². The topological polar surface area (TPSA) is 35.5 Å². The number of likely N-dealkylation sites (tertiary alicyclic amines) is 1. The zero-order chi connectivity index (χ0) is 13.6. The van der Waals surface area contributed by atoms with Crippen LogP contribution in [0.3, 0.4) is 0 Å². The van der Waals surface area contributed by atoms with Crippen LogP contribution in [-0.4, -0.2) is 47.8 Å². The van der Waals surface area contributed by atoms with Gasteiger partial charge in [-0.2, -0.15) is 0 Å². The second-order valence-corrected chi connectivity index (χ2v) is 6.82. The number of rotatable bonds is 6. The van der Waals surface area contributed by atoms with Gasteiger partial charge in [-0.3, -0.25) is 0 Å². The monoisotopic (exact) mass is 256 g/mol. The Morgan fingerprint density at radius 3 is 2.39 bits per heavy atom. The van der Waals surface area contributed by atoms with E-state index in [-0.39, 0.29) is 11.6 Å². The number of piperidine rings is 1. The summed E-state index contributed by atoms with van der Waals surface area (Å²) in [5, 5.41) is 13.4. The summed E-state index contributed by atoms with van der Waals surface area (Å²) in [4.78, 5) is 2.42. The Morgan fingerprint density at radius 1 is 1.28 bits per heavy atom. The highest BCUT2D eigenvalue weighted by Gasteiger charge is 2.21. The highest BCUT2D eigenvalue weighted by atomic mass is 16.3. The normalized spacial score (nSPS) is 21.2. The van der Waals surface area contributed by atoms with Gasteiger partial charge >= 0.3 is 0 Å². The van der Waals surface area contributed by atoms with Crippen LogP contribution in [-0.2, 0) is 0 Å². The summed E-state index contributed by atoms with van der Waals surface area (Å²) in [6.45, 7) is 12.5. The summed E-state index contributed by atoms with van der Waals surface area (Å²) >= 11 is 0. The van der Waals surface area contributed by atoms with Gasteiger partial charge in [0.1, 0.15) is 0 Å². The lowest BCUT2D eigenvalue weighted by Gasteiger charge is -2.33. The molecule has 1 aliphatic rings. The molecule has 1 aliphatic heterocycles. The molecule has 0 aliphatic carbocycles. The average molecular weight is 256 g/mol. The van der Waals surface area contributed by atoms with Gasteiger partial charge in [-0.05, 0) is 52.6 Å². The van der Waals surface area contributed by atoms with Crippen LogP contribution in [0.15, 0.2) is 0 Å². The molecule has 1 heterocycles.